The molecule has 0 aliphatic rings. The molecule has 0 saturated carbocycles. The zero-order chi connectivity index (χ0) is 23.0. The number of aromatic hydroxyl groups is 1. The van der Waals surface area contributed by atoms with E-state index in [1.807, 2.05) is 30.3 Å². The molecule has 3 rings (SSSR count). The molecule has 11 heteroatoms. The molecule has 0 spiro atoms. The Labute approximate surface area is 189 Å². The molecule has 4 N–H and O–H groups in total. The fourth-order valence-corrected chi connectivity index (χ4v) is 4.75. The van der Waals surface area contributed by atoms with Crippen LogP contribution < -0.4 is 14.9 Å². The van der Waals surface area contributed by atoms with Gasteiger partial charge in [-0.3, -0.25) is 9.59 Å². The van der Waals surface area contributed by atoms with Gasteiger partial charge in [-0.05, 0) is 30.0 Å². The number of aromatic nitrogens is 1. The average molecular weight is 480 g/mol. The van der Waals surface area contributed by atoms with Crippen molar-refractivity contribution < 1.29 is 23.1 Å². The lowest BCUT2D eigenvalue weighted by molar-refractivity contribution is -0.119. The molecule has 3 aromatic rings. The number of carbonyl (C=O) groups is 1. The van der Waals surface area contributed by atoms with Crippen LogP contribution in [0, 0.1) is 0 Å². The zero-order valence-electron chi connectivity index (χ0n) is 17.3. The average Bonchev–Trinajstić information content (AvgIpc) is 3.17. The molecule has 0 fully saturated rings. The van der Waals surface area contributed by atoms with Crippen LogP contribution in [0.2, 0.25) is 0 Å². The van der Waals surface area contributed by atoms with Crippen LogP contribution in [-0.4, -0.2) is 56.5 Å². The summed E-state index contributed by atoms with van der Waals surface area (Å²) < 4.78 is 32.3. The van der Waals surface area contributed by atoms with Crippen LogP contribution in [0.25, 0.3) is 10.2 Å². The van der Waals surface area contributed by atoms with Crippen LogP contribution >= 0.6 is 11.3 Å². The highest BCUT2D eigenvalue weighted by atomic mass is 32.2. The van der Waals surface area contributed by atoms with Crippen LogP contribution in [0.1, 0.15) is 11.1 Å². The Morgan fingerprint density at radius 1 is 1.09 bits per heavy atom. The van der Waals surface area contributed by atoms with Gasteiger partial charge in [0.15, 0.2) is 0 Å². The van der Waals surface area contributed by atoms with E-state index in [9.17, 15) is 23.1 Å². The third kappa shape index (κ3) is 7.16. The number of benzene rings is 2. The number of hydrogen-bond acceptors (Lipinski definition) is 7. The lowest BCUT2D eigenvalue weighted by Gasteiger charge is -2.09. The van der Waals surface area contributed by atoms with Crippen molar-refractivity contribution in [1.29, 1.82) is 0 Å². The molecule has 0 unspecified atom stereocenters. The van der Waals surface area contributed by atoms with Crippen molar-refractivity contribution in [2.45, 2.75) is 12.8 Å². The Bertz CT molecular complexity index is 1210. The van der Waals surface area contributed by atoms with Gasteiger partial charge < -0.3 is 20.1 Å². The molecule has 0 radical (unpaired) electrons. The molecule has 0 aliphatic heterocycles. The Morgan fingerprint density at radius 3 is 2.66 bits per heavy atom. The summed E-state index contributed by atoms with van der Waals surface area (Å²) in [5.74, 6) is -0.701. The van der Waals surface area contributed by atoms with Crippen molar-refractivity contribution >= 4 is 37.5 Å². The molecule has 2 aromatic carbocycles. The number of ether oxygens (including phenoxy) is 1. The third-order valence-electron chi connectivity index (χ3n) is 4.68. The number of carbonyl (C=O) groups excluding carboxylic acids is 1. The van der Waals surface area contributed by atoms with Gasteiger partial charge in [0.25, 0.3) is 0 Å². The highest BCUT2D eigenvalue weighted by Crippen LogP contribution is 2.27. The van der Waals surface area contributed by atoms with E-state index in [1.165, 1.54) is 6.07 Å². The first-order valence-corrected chi connectivity index (χ1v) is 12.5. The number of amides is 1. The summed E-state index contributed by atoms with van der Waals surface area (Å²) in [5, 5.41) is 12.4. The molecule has 1 heterocycles. The number of nitrogens with one attached hydrogen (secondary N) is 3. The highest BCUT2D eigenvalue weighted by molar-refractivity contribution is 7.89. The fraction of sp³-hybridized carbons (Fsp3) is 0.333. The fourth-order valence-electron chi connectivity index (χ4n) is 3.02. The standard InChI is InChI=1S/C21H25N3O6S2/c25-17-7-6-16(20-19(17)24-21(27)31-20)8-10-22-18(26)14-23-32(28,29)13-12-30-11-9-15-4-2-1-3-5-15/h1-7,23,25H,8-14H2,(H,22,26)(H,24,27). The first-order chi connectivity index (χ1) is 15.3. The topological polar surface area (TPSA) is 138 Å². The zero-order valence-corrected chi connectivity index (χ0v) is 18.9. The second-order valence-electron chi connectivity index (χ2n) is 7.05. The van der Waals surface area contributed by atoms with E-state index < -0.39 is 15.9 Å². The molecule has 1 amide bonds. The maximum atomic E-state index is 12.0. The monoisotopic (exact) mass is 479 g/mol. The van der Waals surface area contributed by atoms with E-state index in [0.717, 1.165) is 22.5 Å². The second-order valence-corrected chi connectivity index (χ2v) is 9.96. The van der Waals surface area contributed by atoms with Gasteiger partial charge in [-0.2, -0.15) is 0 Å². The van der Waals surface area contributed by atoms with Crippen molar-refractivity contribution in [3.05, 3.63) is 63.3 Å². The van der Waals surface area contributed by atoms with Crippen molar-refractivity contribution in [3.8, 4) is 5.75 Å². The largest absolute Gasteiger partial charge is 0.506 e. The number of H-pyrrole nitrogens is 1. The Hall–Kier alpha value is -2.73. The minimum absolute atomic E-state index is 0.00964. The van der Waals surface area contributed by atoms with Gasteiger partial charge in [0.1, 0.15) is 11.3 Å². The lowest BCUT2D eigenvalue weighted by Crippen LogP contribution is -2.39. The summed E-state index contributed by atoms with van der Waals surface area (Å²) >= 11 is 0.988. The van der Waals surface area contributed by atoms with Crippen molar-refractivity contribution in [2.24, 2.45) is 0 Å². The number of sulfonamides is 1. The van der Waals surface area contributed by atoms with E-state index in [0.29, 0.717) is 29.7 Å². The Balaban J connectivity index is 1.34. The number of phenols is 1. The summed E-state index contributed by atoms with van der Waals surface area (Å²) in [5.41, 5.74) is 2.29. The van der Waals surface area contributed by atoms with E-state index in [4.69, 9.17) is 4.74 Å². The summed E-state index contributed by atoms with van der Waals surface area (Å²) in [4.78, 5) is 25.8. The van der Waals surface area contributed by atoms with Gasteiger partial charge in [0.05, 0.1) is 30.2 Å². The third-order valence-corrected chi connectivity index (χ3v) is 6.93. The highest BCUT2D eigenvalue weighted by Gasteiger charge is 2.13. The van der Waals surface area contributed by atoms with E-state index in [1.54, 1.807) is 6.07 Å². The van der Waals surface area contributed by atoms with Crippen LogP contribution in [0.3, 0.4) is 0 Å². The lowest BCUT2D eigenvalue weighted by atomic mass is 10.1. The number of thiazole rings is 1. The van der Waals surface area contributed by atoms with Crippen LogP contribution in [0.4, 0.5) is 0 Å². The van der Waals surface area contributed by atoms with Gasteiger partial charge in [-0.1, -0.05) is 47.7 Å². The Kier molecular flexibility index (Phi) is 8.39. The van der Waals surface area contributed by atoms with Gasteiger partial charge in [0.2, 0.25) is 15.9 Å². The molecule has 0 bridgehead atoms. The van der Waals surface area contributed by atoms with Gasteiger partial charge in [0, 0.05) is 6.54 Å². The number of phenolic OH excluding ortho intramolecular Hbond substituents is 1. The summed E-state index contributed by atoms with van der Waals surface area (Å²) in [6.45, 7) is 0.352. The maximum absolute atomic E-state index is 12.0. The number of hydrogen-bond donors (Lipinski definition) is 4. The van der Waals surface area contributed by atoms with Crippen molar-refractivity contribution in [2.75, 3.05) is 32.1 Å². The minimum atomic E-state index is -3.63. The number of aromatic amines is 1. The van der Waals surface area contributed by atoms with Crippen LogP contribution in [0.5, 0.6) is 5.75 Å². The molecule has 9 nitrogen and oxygen atoms in total. The molecule has 32 heavy (non-hydrogen) atoms. The summed E-state index contributed by atoms with van der Waals surface area (Å²) in [6.07, 6.45) is 1.13. The minimum Gasteiger partial charge on any atom is -0.506 e. The Morgan fingerprint density at radius 2 is 1.88 bits per heavy atom. The summed E-state index contributed by atoms with van der Waals surface area (Å²) in [7, 11) is -3.63. The van der Waals surface area contributed by atoms with E-state index in [-0.39, 0.29) is 36.1 Å². The number of rotatable bonds is 12. The maximum Gasteiger partial charge on any atom is 0.305 e. The molecule has 0 atom stereocenters. The molecule has 172 valence electrons. The van der Waals surface area contributed by atoms with Gasteiger partial charge in [-0.15, -0.1) is 0 Å². The summed E-state index contributed by atoms with van der Waals surface area (Å²) in [6, 6.07) is 12.9. The van der Waals surface area contributed by atoms with E-state index >= 15 is 0 Å². The first-order valence-electron chi connectivity index (χ1n) is 10.0. The van der Waals surface area contributed by atoms with Gasteiger partial charge in [-0.25, -0.2) is 13.1 Å². The second kappa shape index (κ2) is 11.2. The first kappa shape index (κ1) is 23.9. The molecule has 1 aromatic heterocycles. The smallest absolute Gasteiger partial charge is 0.305 e. The molecule has 0 aliphatic carbocycles. The molecular weight excluding hydrogens is 454 g/mol. The van der Waals surface area contributed by atoms with Crippen LogP contribution in [-0.2, 0) is 32.4 Å². The van der Waals surface area contributed by atoms with Crippen LogP contribution in [0.15, 0.2) is 47.3 Å². The molecule has 0 saturated heterocycles. The van der Waals surface area contributed by atoms with E-state index in [2.05, 4.69) is 15.0 Å². The SMILES string of the molecule is O=C(CNS(=O)(=O)CCOCCc1ccccc1)NCCc1ccc(O)c2[nH]c(=O)sc12. The predicted octanol–water partition coefficient (Wildman–Crippen LogP) is 1.13. The van der Waals surface area contributed by atoms with Crippen molar-refractivity contribution in [1.82, 2.24) is 15.0 Å². The number of fused-ring (bicyclic) bond motifs is 1. The van der Waals surface area contributed by atoms with Gasteiger partial charge >= 0.3 is 4.87 Å². The quantitative estimate of drug-likeness (QED) is 0.288. The molecular formula is C21H25N3O6S2. The predicted molar refractivity (Wildman–Crippen MR) is 124 cm³/mol. The van der Waals surface area contributed by atoms with Crippen molar-refractivity contribution in [3.63, 3.8) is 0 Å². The normalized spacial score (nSPS) is 11.6.